The van der Waals surface area contributed by atoms with E-state index in [1.807, 2.05) is 25.1 Å². The lowest BCUT2D eigenvalue weighted by atomic mass is 10.1. The number of carbonyl (C=O) groups excluding carboxylic acids is 1. The van der Waals surface area contributed by atoms with Gasteiger partial charge in [-0.3, -0.25) is 4.79 Å². The highest BCUT2D eigenvalue weighted by Crippen LogP contribution is 2.26. The number of anilines is 1. The van der Waals surface area contributed by atoms with E-state index in [1.165, 1.54) is 6.92 Å². The lowest BCUT2D eigenvalue weighted by molar-refractivity contribution is -0.114. The Morgan fingerprint density at radius 3 is 2.71 bits per heavy atom. The summed E-state index contributed by atoms with van der Waals surface area (Å²) >= 11 is 0. The molecule has 0 atom stereocenters. The zero-order valence-electron chi connectivity index (χ0n) is 8.76. The molecule has 3 heteroatoms. The van der Waals surface area contributed by atoms with Crippen molar-refractivity contribution in [1.29, 1.82) is 0 Å². The fourth-order valence-corrected chi connectivity index (χ4v) is 1.43. The number of methoxy groups -OCH3 is 1. The third-order valence-corrected chi connectivity index (χ3v) is 2.02. The molecule has 0 fully saturated rings. The quantitative estimate of drug-likeness (QED) is 0.799. The smallest absolute Gasteiger partial charge is 0.221 e. The third kappa shape index (κ3) is 2.25. The van der Waals surface area contributed by atoms with Crippen LogP contribution in [-0.4, -0.2) is 13.0 Å². The average molecular weight is 193 g/mol. The van der Waals surface area contributed by atoms with Gasteiger partial charge in [0, 0.05) is 18.2 Å². The summed E-state index contributed by atoms with van der Waals surface area (Å²) in [6.07, 6.45) is 0.833. The Kier molecular flexibility index (Phi) is 3.51. The van der Waals surface area contributed by atoms with Gasteiger partial charge in [0.2, 0.25) is 5.91 Å². The van der Waals surface area contributed by atoms with E-state index < -0.39 is 0 Å². The summed E-state index contributed by atoms with van der Waals surface area (Å²) in [6, 6.07) is 5.64. The van der Waals surface area contributed by atoms with Gasteiger partial charge in [0.1, 0.15) is 5.75 Å². The molecule has 14 heavy (non-hydrogen) atoms. The summed E-state index contributed by atoms with van der Waals surface area (Å²) in [6.45, 7) is 3.53. The Balaban J connectivity index is 3.08. The summed E-state index contributed by atoms with van der Waals surface area (Å²) in [4.78, 5) is 10.9. The molecule has 1 aromatic rings. The van der Waals surface area contributed by atoms with Crippen molar-refractivity contribution in [3.05, 3.63) is 23.8 Å². The number of nitrogens with one attached hydrogen (secondary N) is 1. The molecule has 0 spiro atoms. The first-order chi connectivity index (χ1) is 6.69. The number of hydrogen-bond donors (Lipinski definition) is 1. The van der Waals surface area contributed by atoms with Crippen molar-refractivity contribution in [1.82, 2.24) is 0 Å². The van der Waals surface area contributed by atoms with Crippen LogP contribution in [0.5, 0.6) is 5.75 Å². The van der Waals surface area contributed by atoms with E-state index in [0.717, 1.165) is 23.4 Å². The van der Waals surface area contributed by atoms with Gasteiger partial charge in [0.25, 0.3) is 0 Å². The van der Waals surface area contributed by atoms with E-state index in [4.69, 9.17) is 4.74 Å². The molecule has 0 unspecified atom stereocenters. The van der Waals surface area contributed by atoms with E-state index in [9.17, 15) is 4.79 Å². The molecule has 1 N–H and O–H groups in total. The van der Waals surface area contributed by atoms with Crippen LogP contribution in [0, 0.1) is 0 Å². The Morgan fingerprint density at radius 2 is 2.21 bits per heavy atom. The van der Waals surface area contributed by atoms with Gasteiger partial charge in [0.05, 0.1) is 7.11 Å². The van der Waals surface area contributed by atoms with Crippen LogP contribution in [0.4, 0.5) is 5.69 Å². The number of benzene rings is 1. The van der Waals surface area contributed by atoms with Crippen LogP contribution >= 0.6 is 0 Å². The largest absolute Gasteiger partial charge is 0.496 e. The van der Waals surface area contributed by atoms with Crippen LogP contribution in [0.25, 0.3) is 0 Å². The lowest BCUT2D eigenvalue weighted by Crippen LogP contribution is -2.08. The van der Waals surface area contributed by atoms with E-state index in [-0.39, 0.29) is 5.91 Å². The summed E-state index contributed by atoms with van der Waals surface area (Å²) in [5, 5.41) is 2.78. The van der Waals surface area contributed by atoms with Gasteiger partial charge in [-0.05, 0) is 18.6 Å². The van der Waals surface area contributed by atoms with Crippen molar-refractivity contribution in [2.75, 3.05) is 12.4 Å². The maximum Gasteiger partial charge on any atom is 0.221 e. The minimum absolute atomic E-state index is 0.0621. The van der Waals surface area contributed by atoms with Crippen molar-refractivity contribution in [2.45, 2.75) is 20.3 Å². The molecule has 0 aliphatic rings. The van der Waals surface area contributed by atoms with E-state index >= 15 is 0 Å². The fourth-order valence-electron chi connectivity index (χ4n) is 1.43. The topological polar surface area (TPSA) is 38.3 Å². The molecule has 1 rings (SSSR count). The Bertz CT molecular complexity index is 334. The molecule has 0 aliphatic heterocycles. The van der Waals surface area contributed by atoms with Crippen LogP contribution in [-0.2, 0) is 11.2 Å². The van der Waals surface area contributed by atoms with E-state index in [0.29, 0.717) is 0 Å². The van der Waals surface area contributed by atoms with Crippen molar-refractivity contribution in [2.24, 2.45) is 0 Å². The zero-order valence-corrected chi connectivity index (χ0v) is 8.76. The predicted molar refractivity (Wildman–Crippen MR) is 56.7 cm³/mol. The molecule has 0 bridgehead atoms. The molecular weight excluding hydrogens is 178 g/mol. The second-order valence-corrected chi connectivity index (χ2v) is 3.02. The van der Waals surface area contributed by atoms with E-state index in [1.54, 1.807) is 7.11 Å². The molecule has 1 aromatic carbocycles. The predicted octanol–water partition coefficient (Wildman–Crippen LogP) is 2.22. The van der Waals surface area contributed by atoms with Crippen LogP contribution in [0.1, 0.15) is 19.4 Å². The SMILES string of the molecule is CCc1c(NC(C)=O)cccc1OC. The maximum absolute atomic E-state index is 10.9. The van der Waals surface area contributed by atoms with Gasteiger partial charge in [-0.2, -0.15) is 0 Å². The summed E-state index contributed by atoms with van der Waals surface area (Å²) in [5.74, 6) is 0.756. The number of amides is 1. The van der Waals surface area contributed by atoms with Crippen LogP contribution in [0.3, 0.4) is 0 Å². The number of rotatable bonds is 3. The van der Waals surface area contributed by atoms with Crippen molar-refractivity contribution in [3.8, 4) is 5.75 Å². The number of ether oxygens (including phenoxy) is 1. The minimum Gasteiger partial charge on any atom is -0.496 e. The zero-order chi connectivity index (χ0) is 10.6. The third-order valence-electron chi connectivity index (χ3n) is 2.02. The van der Waals surface area contributed by atoms with Crippen molar-refractivity contribution >= 4 is 11.6 Å². The second-order valence-electron chi connectivity index (χ2n) is 3.02. The highest BCUT2D eigenvalue weighted by atomic mass is 16.5. The fraction of sp³-hybridized carbons (Fsp3) is 0.364. The molecule has 0 saturated carbocycles. The molecule has 3 nitrogen and oxygen atoms in total. The van der Waals surface area contributed by atoms with Gasteiger partial charge in [-0.25, -0.2) is 0 Å². The normalized spacial score (nSPS) is 9.64. The standard InChI is InChI=1S/C11H15NO2/c1-4-9-10(12-8(2)13)6-5-7-11(9)14-3/h5-7H,4H2,1-3H3,(H,12,13). The minimum atomic E-state index is -0.0621. The first-order valence-corrected chi connectivity index (χ1v) is 4.62. The van der Waals surface area contributed by atoms with E-state index in [2.05, 4.69) is 5.32 Å². The van der Waals surface area contributed by atoms with Gasteiger partial charge >= 0.3 is 0 Å². The molecule has 0 radical (unpaired) electrons. The van der Waals surface area contributed by atoms with Crippen molar-refractivity contribution < 1.29 is 9.53 Å². The first kappa shape index (κ1) is 10.6. The number of carbonyl (C=O) groups is 1. The molecule has 76 valence electrons. The monoisotopic (exact) mass is 193 g/mol. The Hall–Kier alpha value is -1.51. The molecular formula is C11H15NO2. The molecule has 0 heterocycles. The van der Waals surface area contributed by atoms with Gasteiger partial charge < -0.3 is 10.1 Å². The summed E-state index contributed by atoms with van der Waals surface area (Å²) < 4.78 is 5.21. The van der Waals surface area contributed by atoms with Crippen LogP contribution < -0.4 is 10.1 Å². The lowest BCUT2D eigenvalue weighted by Gasteiger charge is -2.12. The molecule has 0 aliphatic carbocycles. The highest BCUT2D eigenvalue weighted by molar-refractivity contribution is 5.90. The summed E-state index contributed by atoms with van der Waals surface area (Å²) in [7, 11) is 1.63. The summed E-state index contributed by atoms with van der Waals surface area (Å²) in [5.41, 5.74) is 1.87. The average Bonchev–Trinajstić information content (AvgIpc) is 2.16. The van der Waals surface area contributed by atoms with Crippen molar-refractivity contribution in [3.63, 3.8) is 0 Å². The van der Waals surface area contributed by atoms with Gasteiger partial charge in [-0.1, -0.05) is 13.0 Å². The molecule has 0 aromatic heterocycles. The first-order valence-electron chi connectivity index (χ1n) is 4.62. The van der Waals surface area contributed by atoms with Gasteiger partial charge in [0.15, 0.2) is 0 Å². The maximum atomic E-state index is 10.9. The number of hydrogen-bond acceptors (Lipinski definition) is 2. The second kappa shape index (κ2) is 4.65. The Morgan fingerprint density at radius 1 is 1.50 bits per heavy atom. The molecule has 1 amide bonds. The van der Waals surface area contributed by atoms with Crippen LogP contribution in [0.2, 0.25) is 0 Å². The Labute approximate surface area is 84.1 Å². The van der Waals surface area contributed by atoms with Crippen LogP contribution in [0.15, 0.2) is 18.2 Å². The van der Waals surface area contributed by atoms with Gasteiger partial charge in [-0.15, -0.1) is 0 Å². The highest BCUT2D eigenvalue weighted by Gasteiger charge is 2.07. The molecule has 0 saturated heterocycles.